The summed E-state index contributed by atoms with van der Waals surface area (Å²) in [5.74, 6) is -0.149. The van der Waals surface area contributed by atoms with Crippen molar-refractivity contribution in [2.45, 2.75) is 33.1 Å². The first-order chi connectivity index (χ1) is 8.17. The smallest absolute Gasteiger partial charge is 0.310 e. The van der Waals surface area contributed by atoms with Crippen LogP contribution < -0.4 is 0 Å². The van der Waals surface area contributed by atoms with Crippen LogP contribution in [0.2, 0.25) is 0 Å². The Morgan fingerprint density at radius 1 is 1.41 bits per heavy atom. The summed E-state index contributed by atoms with van der Waals surface area (Å²) in [7, 11) is 0. The highest BCUT2D eigenvalue weighted by Gasteiger charge is 2.07. The van der Waals surface area contributed by atoms with E-state index in [1.807, 2.05) is 19.9 Å². The van der Waals surface area contributed by atoms with Gasteiger partial charge in [-0.1, -0.05) is 34.1 Å². The minimum absolute atomic E-state index is 0.149. The quantitative estimate of drug-likeness (QED) is 0.594. The van der Waals surface area contributed by atoms with Gasteiger partial charge in [-0.05, 0) is 43.4 Å². The molecule has 0 heterocycles. The van der Waals surface area contributed by atoms with Gasteiger partial charge in [0.2, 0.25) is 0 Å². The van der Waals surface area contributed by atoms with Crippen LogP contribution in [-0.2, 0) is 22.4 Å². The Labute approximate surface area is 111 Å². The van der Waals surface area contributed by atoms with Crippen LogP contribution in [0.15, 0.2) is 18.2 Å². The highest BCUT2D eigenvalue weighted by Crippen LogP contribution is 2.14. The molecule has 1 aromatic carbocycles. The number of alkyl halides is 1. The molecule has 0 aliphatic heterocycles. The molecule has 94 valence electrons. The minimum atomic E-state index is -0.149. The van der Waals surface area contributed by atoms with Crippen molar-refractivity contribution in [2.75, 3.05) is 11.9 Å². The van der Waals surface area contributed by atoms with Crippen LogP contribution in [0.3, 0.4) is 0 Å². The molecule has 17 heavy (non-hydrogen) atoms. The summed E-state index contributed by atoms with van der Waals surface area (Å²) in [6.07, 6.45) is 2.58. The summed E-state index contributed by atoms with van der Waals surface area (Å²) < 4.78 is 4.95. The Kier molecular flexibility index (Phi) is 6.27. The lowest BCUT2D eigenvalue weighted by Gasteiger charge is -2.08. The van der Waals surface area contributed by atoms with Crippen LogP contribution in [-0.4, -0.2) is 17.9 Å². The SMILES string of the molecule is CCOC(=O)Cc1ccc(CCCBr)cc1C. The first-order valence-electron chi connectivity index (χ1n) is 5.97. The molecule has 1 aromatic rings. The van der Waals surface area contributed by atoms with Gasteiger partial charge in [0.1, 0.15) is 0 Å². The molecule has 0 N–H and O–H groups in total. The molecule has 0 amide bonds. The van der Waals surface area contributed by atoms with E-state index >= 15 is 0 Å². The maximum atomic E-state index is 11.4. The largest absolute Gasteiger partial charge is 0.466 e. The third kappa shape index (κ3) is 4.90. The van der Waals surface area contributed by atoms with Crippen molar-refractivity contribution >= 4 is 21.9 Å². The van der Waals surface area contributed by atoms with Crippen LogP contribution in [0, 0.1) is 6.92 Å². The fourth-order valence-electron chi connectivity index (χ4n) is 1.75. The van der Waals surface area contributed by atoms with Gasteiger partial charge in [-0.3, -0.25) is 4.79 Å². The molecule has 2 nitrogen and oxygen atoms in total. The van der Waals surface area contributed by atoms with Crippen LogP contribution in [0.5, 0.6) is 0 Å². The molecule has 0 atom stereocenters. The fraction of sp³-hybridized carbons (Fsp3) is 0.500. The number of halogens is 1. The van der Waals surface area contributed by atoms with E-state index < -0.39 is 0 Å². The average molecular weight is 299 g/mol. The van der Waals surface area contributed by atoms with E-state index in [1.54, 1.807) is 0 Å². The van der Waals surface area contributed by atoms with Crippen molar-refractivity contribution < 1.29 is 9.53 Å². The van der Waals surface area contributed by atoms with Gasteiger partial charge in [0.05, 0.1) is 13.0 Å². The number of ether oxygens (including phenoxy) is 1. The van der Waals surface area contributed by atoms with Crippen molar-refractivity contribution in [3.8, 4) is 0 Å². The van der Waals surface area contributed by atoms with Gasteiger partial charge >= 0.3 is 5.97 Å². The van der Waals surface area contributed by atoms with E-state index in [9.17, 15) is 4.79 Å². The summed E-state index contributed by atoms with van der Waals surface area (Å²) in [5.41, 5.74) is 3.56. The lowest BCUT2D eigenvalue weighted by Crippen LogP contribution is -2.08. The van der Waals surface area contributed by atoms with Gasteiger partial charge in [-0.25, -0.2) is 0 Å². The first kappa shape index (κ1) is 14.2. The number of aryl methyl sites for hydroxylation is 2. The average Bonchev–Trinajstić information content (AvgIpc) is 2.30. The molecule has 0 aliphatic rings. The van der Waals surface area contributed by atoms with Gasteiger partial charge in [0.15, 0.2) is 0 Å². The molecule has 0 saturated heterocycles. The number of hydrogen-bond donors (Lipinski definition) is 0. The third-order valence-electron chi connectivity index (χ3n) is 2.65. The molecule has 1 rings (SSSR count). The summed E-state index contributed by atoms with van der Waals surface area (Å²) >= 11 is 3.43. The fourth-order valence-corrected chi connectivity index (χ4v) is 2.03. The van der Waals surface area contributed by atoms with E-state index in [0.29, 0.717) is 13.0 Å². The van der Waals surface area contributed by atoms with Crippen LogP contribution >= 0.6 is 15.9 Å². The van der Waals surface area contributed by atoms with Crippen LogP contribution in [0.4, 0.5) is 0 Å². The van der Waals surface area contributed by atoms with Gasteiger partial charge in [0.25, 0.3) is 0 Å². The third-order valence-corrected chi connectivity index (χ3v) is 3.21. The normalized spacial score (nSPS) is 10.3. The minimum Gasteiger partial charge on any atom is -0.466 e. The first-order valence-corrected chi connectivity index (χ1v) is 7.09. The second-order valence-electron chi connectivity index (χ2n) is 4.04. The van der Waals surface area contributed by atoms with Gasteiger partial charge in [0, 0.05) is 5.33 Å². The van der Waals surface area contributed by atoms with E-state index in [1.165, 1.54) is 11.1 Å². The molecule has 0 unspecified atom stereocenters. The Bertz CT molecular complexity index is 374. The molecule has 0 saturated carbocycles. The Hall–Kier alpha value is -0.830. The van der Waals surface area contributed by atoms with Gasteiger partial charge in [-0.2, -0.15) is 0 Å². The second kappa shape index (κ2) is 7.49. The van der Waals surface area contributed by atoms with E-state index in [-0.39, 0.29) is 5.97 Å². The molecule has 0 aliphatic carbocycles. The highest BCUT2D eigenvalue weighted by atomic mass is 79.9. The standard InChI is InChI=1S/C14H19BrO2/c1-3-17-14(16)10-13-7-6-12(5-4-8-15)9-11(13)2/h6-7,9H,3-5,8,10H2,1-2H3. The number of carbonyl (C=O) groups is 1. The number of hydrogen-bond acceptors (Lipinski definition) is 2. The molecule has 0 bridgehead atoms. The summed E-state index contributed by atoms with van der Waals surface area (Å²) in [6.45, 7) is 4.32. The Balaban J connectivity index is 2.65. The zero-order chi connectivity index (χ0) is 12.7. The molecule has 3 heteroatoms. The zero-order valence-corrected chi connectivity index (χ0v) is 12.0. The summed E-state index contributed by atoms with van der Waals surface area (Å²) in [6, 6.07) is 6.30. The number of esters is 1. The van der Waals surface area contributed by atoms with Crippen molar-refractivity contribution in [3.05, 3.63) is 34.9 Å². The monoisotopic (exact) mass is 298 g/mol. The molecule has 0 aromatic heterocycles. The maximum Gasteiger partial charge on any atom is 0.310 e. The van der Waals surface area contributed by atoms with E-state index in [2.05, 4.69) is 28.1 Å². The predicted molar refractivity (Wildman–Crippen MR) is 73.6 cm³/mol. The predicted octanol–water partition coefficient (Wildman–Crippen LogP) is 3.43. The van der Waals surface area contributed by atoms with Crippen molar-refractivity contribution in [1.29, 1.82) is 0 Å². The highest BCUT2D eigenvalue weighted by molar-refractivity contribution is 9.09. The number of benzene rings is 1. The van der Waals surface area contributed by atoms with Crippen LogP contribution in [0.25, 0.3) is 0 Å². The molecular formula is C14H19BrO2. The van der Waals surface area contributed by atoms with Gasteiger partial charge in [-0.15, -0.1) is 0 Å². The molecule has 0 fully saturated rings. The van der Waals surface area contributed by atoms with Crippen molar-refractivity contribution in [3.63, 3.8) is 0 Å². The number of carbonyl (C=O) groups excluding carboxylic acids is 1. The van der Waals surface area contributed by atoms with Gasteiger partial charge < -0.3 is 4.74 Å². The Morgan fingerprint density at radius 2 is 2.18 bits per heavy atom. The van der Waals surface area contributed by atoms with Crippen molar-refractivity contribution in [2.24, 2.45) is 0 Å². The zero-order valence-electron chi connectivity index (χ0n) is 10.5. The topological polar surface area (TPSA) is 26.3 Å². The molecule has 0 radical (unpaired) electrons. The molecular weight excluding hydrogens is 280 g/mol. The maximum absolute atomic E-state index is 11.4. The lowest BCUT2D eigenvalue weighted by molar-refractivity contribution is -0.142. The number of rotatable bonds is 6. The Morgan fingerprint density at radius 3 is 2.76 bits per heavy atom. The lowest BCUT2D eigenvalue weighted by atomic mass is 10.0. The van der Waals surface area contributed by atoms with E-state index in [4.69, 9.17) is 4.74 Å². The van der Waals surface area contributed by atoms with Crippen LogP contribution in [0.1, 0.15) is 30.0 Å². The summed E-state index contributed by atoms with van der Waals surface area (Å²) in [5, 5.41) is 1.02. The summed E-state index contributed by atoms with van der Waals surface area (Å²) in [4.78, 5) is 11.4. The van der Waals surface area contributed by atoms with E-state index in [0.717, 1.165) is 23.7 Å². The second-order valence-corrected chi connectivity index (χ2v) is 4.83. The molecule has 0 spiro atoms. The van der Waals surface area contributed by atoms with Crippen molar-refractivity contribution in [1.82, 2.24) is 0 Å².